The second-order valence-corrected chi connectivity index (χ2v) is 3.65. The Morgan fingerprint density at radius 1 is 1.32 bits per heavy atom. The number of carboxylic acid groups (broad SMARTS) is 1. The van der Waals surface area contributed by atoms with Crippen LogP contribution in [0.5, 0.6) is 0 Å². The Kier molecular flexibility index (Phi) is 3.42. The lowest BCUT2D eigenvalue weighted by atomic mass is 10.1. The Labute approximate surface area is 108 Å². The van der Waals surface area contributed by atoms with Crippen molar-refractivity contribution in [2.75, 3.05) is 0 Å². The third kappa shape index (κ3) is 2.86. The molecule has 0 aliphatic rings. The maximum atomic E-state index is 11.9. The molecular weight excluding hydrogens is 248 g/mol. The standard InChI is InChI=1S/C13H10N2O4/c1-2-9-5-10(12(16)17)7-11(6-9)13(18)19-15-4-3-14-8-15/h2-8H,1H2,(H,16,17). The van der Waals surface area contributed by atoms with Crippen molar-refractivity contribution in [2.45, 2.75) is 0 Å². The van der Waals surface area contributed by atoms with E-state index in [4.69, 9.17) is 9.94 Å². The molecule has 6 heteroatoms. The van der Waals surface area contributed by atoms with Crippen molar-refractivity contribution in [1.29, 1.82) is 0 Å². The molecule has 0 amide bonds. The van der Waals surface area contributed by atoms with Crippen LogP contribution < -0.4 is 4.84 Å². The molecule has 6 nitrogen and oxygen atoms in total. The molecule has 1 aromatic carbocycles. The third-order valence-electron chi connectivity index (χ3n) is 2.34. The van der Waals surface area contributed by atoms with E-state index in [0.717, 1.165) is 4.73 Å². The van der Waals surface area contributed by atoms with E-state index in [1.165, 1.54) is 43.0 Å². The van der Waals surface area contributed by atoms with E-state index < -0.39 is 11.9 Å². The molecule has 2 rings (SSSR count). The van der Waals surface area contributed by atoms with Gasteiger partial charge in [-0.05, 0) is 23.8 Å². The number of carbonyl (C=O) groups excluding carboxylic acids is 1. The van der Waals surface area contributed by atoms with E-state index in [1.807, 2.05) is 0 Å². The van der Waals surface area contributed by atoms with Crippen LogP contribution in [0, 0.1) is 0 Å². The van der Waals surface area contributed by atoms with Gasteiger partial charge in [-0.3, -0.25) is 0 Å². The van der Waals surface area contributed by atoms with Gasteiger partial charge >= 0.3 is 11.9 Å². The molecule has 19 heavy (non-hydrogen) atoms. The molecule has 0 saturated heterocycles. The third-order valence-corrected chi connectivity index (χ3v) is 2.34. The van der Waals surface area contributed by atoms with Crippen molar-refractivity contribution in [1.82, 2.24) is 9.71 Å². The first-order valence-corrected chi connectivity index (χ1v) is 5.31. The molecule has 0 fully saturated rings. The second-order valence-electron chi connectivity index (χ2n) is 3.65. The number of imidazole rings is 1. The molecule has 1 aromatic heterocycles. The van der Waals surface area contributed by atoms with Crippen molar-refractivity contribution in [3.63, 3.8) is 0 Å². The lowest BCUT2D eigenvalue weighted by Gasteiger charge is -2.06. The summed E-state index contributed by atoms with van der Waals surface area (Å²) in [6, 6.07) is 4.16. The zero-order valence-corrected chi connectivity index (χ0v) is 9.81. The van der Waals surface area contributed by atoms with Gasteiger partial charge in [-0.1, -0.05) is 12.7 Å². The minimum Gasteiger partial charge on any atom is -0.478 e. The van der Waals surface area contributed by atoms with Gasteiger partial charge in [0.1, 0.15) is 6.33 Å². The minimum absolute atomic E-state index is 0.00465. The van der Waals surface area contributed by atoms with Crippen molar-refractivity contribution < 1.29 is 19.5 Å². The molecule has 0 aliphatic carbocycles. The quantitative estimate of drug-likeness (QED) is 0.898. The Morgan fingerprint density at radius 2 is 2.05 bits per heavy atom. The van der Waals surface area contributed by atoms with Crippen LogP contribution in [-0.4, -0.2) is 26.8 Å². The predicted molar refractivity (Wildman–Crippen MR) is 66.6 cm³/mol. The Morgan fingerprint density at radius 3 is 2.63 bits per heavy atom. The maximum absolute atomic E-state index is 11.9. The highest BCUT2D eigenvalue weighted by atomic mass is 16.7. The number of nitrogens with zero attached hydrogens (tertiary/aromatic N) is 2. The first-order chi connectivity index (χ1) is 9.10. The number of rotatable bonds is 4. The van der Waals surface area contributed by atoms with Crippen LogP contribution >= 0.6 is 0 Å². The number of hydrogen-bond acceptors (Lipinski definition) is 4. The molecule has 96 valence electrons. The topological polar surface area (TPSA) is 81.4 Å². The summed E-state index contributed by atoms with van der Waals surface area (Å²) < 4.78 is 1.13. The Hall–Kier alpha value is -2.89. The van der Waals surface area contributed by atoms with Gasteiger partial charge in [-0.2, -0.15) is 4.73 Å². The lowest BCUT2D eigenvalue weighted by Crippen LogP contribution is -2.19. The van der Waals surface area contributed by atoms with Crippen LogP contribution in [0.15, 0.2) is 43.5 Å². The van der Waals surface area contributed by atoms with Gasteiger partial charge < -0.3 is 9.94 Å². The van der Waals surface area contributed by atoms with Crippen LogP contribution in [0.25, 0.3) is 6.08 Å². The fraction of sp³-hybridized carbons (Fsp3) is 0. The number of aromatic carboxylic acids is 1. The highest BCUT2D eigenvalue weighted by Crippen LogP contribution is 2.12. The minimum atomic E-state index is -1.12. The largest absolute Gasteiger partial charge is 0.478 e. The summed E-state index contributed by atoms with van der Waals surface area (Å²) in [6.07, 6.45) is 5.68. The van der Waals surface area contributed by atoms with E-state index in [9.17, 15) is 9.59 Å². The fourth-order valence-corrected chi connectivity index (χ4v) is 1.46. The van der Waals surface area contributed by atoms with Gasteiger partial charge in [-0.25, -0.2) is 14.6 Å². The van der Waals surface area contributed by atoms with Crippen molar-refractivity contribution in [3.05, 3.63) is 60.2 Å². The molecule has 0 radical (unpaired) electrons. The summed E-state index contributed by atoms with van der Waals surface area (Å²) in [7, 11) is 0. The zero-order chi connectivity index (χ0) is 13.8. The summed E-state index contributed by atoms with van der Waals surface area (Å²) in [5.74, 6) is -1.80. The van der Waals surface area contributed by atoms with Crippen LogP contribution in [0.1, 0.15) is 26.3 Å². The monoisotopic (exact) mass is 258 g/mol. The number of hydrogen-bond donors (Lipinski definition) is 1. The summed E-state index contributed by atoms with van der Waals surface area (Å²) >= 11 is 0. The Bertz CT molecular complexity index is 632. The van der Waals surface area contributed by atoms with E-state index in [-0.39, 0.29) is 11.1 Å². The summed E-state index contributed by atoms with van der Waals surface area (Å²) in [6.45, 7) is 3.55. The number of carbonyl (C=O) groups is 2. The Balaban J connectivity index is 2.32. The van der Waals surface area contributed by atoms with Crippen LogP contribution in [-0.2, 0) is 0 Å². The van der Waals surface area contributed by atoms with Gasteiger partial charge in [0.15, 0.2) is 0 Å². The first-order valence-electron chi connectivity index (χ1n) is 5.31. The summed E-state index contributed by atoms with van der Waals surface area (Å²) in [5.41, 5.74) is 0.649. The number of aromatic nitrogens is 2. The van der Waals surface area contributed by atoms with E-state index in [2.05, 4.69) is 11.6 Å². The summed E-state index contributed by atoms with van der Waals surface area (Å²) in [4.78, 5) is 31.5. The van der Waals surface area contributed by atoms with Crippen LogP contribution in [0.4, 0.5) is 0 Å². The van der Waals surface area contributed by atoms with Gasteiger partial charge in [0.05, 0.1) is 17.3 Å². The first kappa shape index (κ1) is 12.6. The second kappa shape index (κ2) is 5.18. The molecule has 0 atom stereocenters. The highest BCUT2D eigenvalue weighted by Gasteiger charge is 2.13. The zero-order valence-electron chi connectivity index (χ0n) is 9.81. The van der Waals surface area contributed by atoms with Gasteiger partial charge in [0.2, 0.25) is 0 Å². The van der Waals surface area contributed by atoms with E-state index in [0.29, 0.717) is 5.56 Å². The number of carboxylic acids is 1. The molecule has 1 N–H and O–H groups in total. The van der Waals surface area contributed by atoms with Crippen molar-refractivity contribution >= 4 is 18.0 Å². The van der Waals surface area contributed by atoms with Crippen molar-refractivity contribution in [3.8, 4) is 0 Å². The average molecular weight is 258 g/mol. The maximum Gasteiger partial charge on any atom is 0.363 e. The highest BCUT2D eigenvalue weighted by molar-refractivity contribution is 5.95. The molecule has 0 unspecified atom stereocenters. The van der Waals surface area contributed by atoms with Gasteiger partial charge in [0, 0.05) is 6.20 Å². The molecule has 0 spiro atoms. The summed E-state index contributed by atoms with van der Waals surface area (Å²) in [5, 5.41) is 8.97. The van der Waals surface area contributed by atoms with Crippen LogP contribution in [0.3, 0.4) is 0 Å². The molecular formula is C13H10N2O4. The SMILES string of the molecule is C=Cc1cc(C(=O)O)cc(C(=O)On2ccnc2)c1. The van der Waals surface area contributed by atoms with E-state index in [1.54, 1.807) is 0 Å². The van der Waals surface area contributed by atoms with Crippen LogP contribution in [0.2, 0.25) is 0 Å². The number of benzene rings is 1. The smallest absolute Gasteiger partial charge is 0.363 e. The predicted octanol–water partition coefficient (Wildman–Crippen LogP) is 1.49. The average Bonchev–Trinajstić information content (AvgIpc) is 2.90. The molecule has 2 aromatic rings. The molecule has 0 aliphatic heterocycles. The molecule has 0 saturated carbocycles. The fourth-order valence-electron chi connectivity index (χ4n) is 1.46. The van der Waals surface area contributed by atoms with E-state index >= 15 is 0 Å². The molecule has 1 heterocycles. The van der Waals surface area contributed by atoms with Gasteiger partial charge in [-0.15, -0.1) is 0 Å². The molecule has 0 bridgehead atoms. The lowest BCUT2D eigenvalue weighted by molar-refractivity contribution is 0.0460. The van der Waals surface area contributed by atoms with Crippen molar-refractivity contribution in [2.24, 2.45) is 0 Å². The normalized spacial score (nSPS) is 9.89. The van der Waals surface area contributed by atoms with Gasteiger partial charge in [0.25, 0.3) is 0 Å².